The van der Waals surface area contributed by atoms with Crippen LogP contribution in [0, 0.1) is 18.6 Å². The van der Waals surface area contributed by atoms with Crippen LogP contribution in [0.25, 0.3) is 0 Å². The van der Waals surface area contributed by atoms with Gasteiger partial charge in [-0.3, -0.25) is 0 Å². The Balaban J connectivity index is 2.43. The van der Waals surface area contributed by atoms with Crippen LogP contribution in [0.4, 0.5) is 22.0 Å². The number of halogens is 5. The monoisotopic (exact) mass is 302 g/mol. The molecule has 0 aliphatic heterocycles. The minimum absolute atomic E-state index is 0.0748. The highest BCUT2D eigenvalue weighted by atomic mass is 19.4. The van der Waals surface area contributed by atoms with E-state index < -0.39 is 29.5 Å². The molecule has 0 radical (unpaired) electrons. The number of rotatable bonds is 2. The molecule has 2 aromatic carbocycles. The first-order chi connectivity index (χ1) is 9.70. The Morgan fingerprint density at radius 3 is 2.24 bits per heavy atom. The summed E-state index contributed by atoms with van der Waals surface area (Å²) in [6, 6.07) is 5.82. The second-order valence-corrected chi connectivity index (χ2v) is 4.64. The van der Waals surface area contributed by atoms with Gasteiger partial charge in [0.25, 0.3) is 0 Å². The Morgan fingerprint density at radius 2 is 1.67 bits per heavy atom. The summed E-state index contributed by atoms with van der Waals surface area (Å²) in [4.78, 5) is 0. The SMILES string of the molecule is Cc1ccc(F)cc1C(O)c1ccc(C(F)(F)F)c(F)c1. The number of hydrogen-bond acceptors (Lipinski definition) is 1. The van der Waals surface area contributed by atoms with E-state index in [1.165, 1.54) is 12.1 Å². The lowest BCUT2D eigenvalue weighted by atomic mass is 9.96. The molecule has 0 saturated heterocycles. The molecule has 2 rings (SSSR count). The summed E-state index contributed by atoms with van der Waals surface area (Å²) < 4.78 is 64.1. The van der Waals surface area contributed by atoms with E-state index in [-0.39, 0.29) is 11.1 Å². The highest BCUT2D eigenvalue weighted by Gasteiger charge is 2.34. The first kappa shape index (κ1) is 15.4. The van der Waals surface area contributed by atoms with Gasteiger partial charge in [-0.05, 0) is 47.9 Å². The van der Waals surface area contributed by atoms with Gasteiger partial charge < -0.3 is 5.11 Å². The Hall–Kier alpha value is -1.95. The third-order valence-electron chi connectivity index (χ3n) is 3.15. The van der Waals surface area contributed by atoms with Gasteiger partial charge in [0, 0.05) is 0 Å². The van der Waals surface area contributed by atoms with Gasteiger partial charge in [0.15, 0.2) is 0 Å². The predicted octanol–water partition coefficient (Wildman–Crippen LogP) is 4.37. The van der Waals surface area contributed by atoms with Crippen LogP contribution in [0.5, 0.6) is 0 Å². The van der Waals surface area contributed by atoms with Crippen molar-refractivity contribution < 1.29 is 27.1 Å². The van der Waals surface area contributed by atoms with Gasteiger partial charge in [0.1, 0.15) is 17.7 Å². The summed E-state index contributed by atoms with van der Waals surface area (Å²) >= 11 is 0. The van der Waals surface area contributed by atoms with Crippen molar-refractivity contribution in [2.45, 2.75) is 19.2 Å². The average molecular weight is 302 g/mol. The molecule has 1 nitrogen and oxygen atoms in total. The summed E-state index contributed by atoms with van der Waals surface area (Å²) in [5, 5.41) is 10.1. The Morgan fingerprint density at radius 1 is 1.00 bits per heavy atom. The van der Waals surface area contributed by atoms with Gasteiger partial charge in [0.2, 0.25) is 0 Å². The average Bonchev–Trinajstić information content (AvgIpc) is 2.39. The van der Waals surface area contributed by atoms with Gasteiger partial charge in [-0.1, -0.05) is 12.1 Å². The number of hydrogen-bond donors (Lipinski definition) is 1. The van der Waals surface area contributed by atoms with E-state index in [4.69, 9.17) is 0 Å². The molecule has 0 aliphatic carbocycles. The molecule has 0 aliphatic rings. The molecule has 0 fully saturated rings. The van der Waals surface area contributed by atoms with Gasteiger partial charge in [-0.15, -0.1) is 0 Å². The van der Waals surface area contributed by atoms with Crippen LogP contribution in [-0.2, 0) is 6.18 Å². The summed E-state index contributed by atoms with van der Waals surface area (Å²) in [7, 11) is 0. The standard InChI is InChI=1S/C15H11F5O/c1-8-2-4-10(16)7-11(8)14(21)9-3-5-12(13(17)6-9)15(18,19)20/h2-7,14,21H,1H3. The number of alkyl halides is 3. The van der Waals surface area contributed by atoms with E-state index in [0.717, 1.165) is 12.1 Å². The number of aryl methyl sites for hydroxylation is 1. The molecule has 21 heavy (non-hydrogen) atoms. The van der Waals surface area contributed by atoms with E-state index in [0.29, 0.717) is 17.7 Å². The zero-order valence-corrected chi connectivity index (χ0v) is 10.9. The van der Waals surface area contributed by atoms with Gasteiger partial charge >= 0.3 is 6.18 Å². The Labute approximate surface area is 117 Å². The van der Waals surface area contributed by atoms with Crippen molar-refractivity contribution in [1.29, 1.82) is 0 Å². The largest absolute Gasteiger partial charge is 0.419 e. The predicted molar refractivity (Wildman–Crippen MR) is 66.6 cm³/mol. The zero-order chi connectivity index (χ0) is 15.8. The van der Waals surface area contributed by atoms with Crippen LogP contribution >= 0.6 is 0 Å². The molecular formula is C15H11F5O. The number of aliphatic hydroxyl groups excluding tert-OH is 1. The van der Waals surface area contributed by atoms with E-state index in [9.17, 15) is 27.1 Å². The van der Waals surface area contributed by atoms with Crippen LogP contribution in [0.1, 0.15) is 28.4 Å². The first-order valence-corrected chi connectivity index (χ1v) is 6.01. The van der Waals surface area contributed by atoms with Crippen molar-refractivity contribution in [2.75, 3.05) is 0 Å². The minimum atomic E-state index is -4.80. The van der Waals surface area contributed by atoms with E-state index in [1.807, 2.05) is 0 Å². The van der Waals surface area contributed by atoms with Crippen LogP contribution in [-0.4, -0.2) is 5.11 Å². The quantitative estimate of drug-likeness (QED) is 0.817. The fourth-order valence-electron chi connectivity index (χ4n) is 2.02. The molecule has 0 aromatic heterocycles. The van der Waals surface area contributed by atoms with Gasteiger partial charge in [-0.2, -0.15) is 13.2 Å². The van der Waals surface area contributed by atoms with E-state index in [2.05, 4.69) is 0 Å². The van der Waals surface area contributed by atoms with Crippen LogP contribution in [0.15, 0.2) is 36.4 Å². The van der Waals surface area contributed by atoms with Gasteiger partial charge in [-0.25, -0.2) is 8.78 Å². The van der Waals surface area contributed by atoms with Crippen molar-refractivity contribution >= 4 is 0 Å². The molecule has 1 atom stereocenters. The topological polar surface area (TPSA) is 20.2 Å². The highest BCUT2D eigenvalue weighted by molar-refractivity contribution is 5.37. The molecule has 0 saturated carbocycles. The summed E-state index contributed by atoms with van der Waals surface area (Å²) in [5.41, 5.74) is -0.762. The summed E-state index contributed by atoms with van der Waals surface area (Å²) in [6.45, 7) is 1.61. The van der Waals surface area contributed by atoms with Gasteiger partial charge in [0.05, 0.1) is 5.56 Å². The second kappa shape index (κ2) is 5.44. The van der Waals surface area contributed by atoms with Crippen molar-refractivity contribution in [3.63, 3.8) is 0 Å². The molecule has 0 amide bonds. The minimum Gasteiger partial charge on any atom is -0.384 e. The molecular weight excluding hydrogens is 291 g/mol. The lowest BCUT2D eigenvalue weighted by Gasteiger charge is -2.16. The maximum absolute atomic E-state index is 13.5. The lowest BCUT2D eigenvalue weighted by Crippen LogP contribution is -2.10. The zero-order valence-electron chi connectivity index (χ0n) is 10.9. The fourth-order valence-corrected chi connectivity index (χ4v) is 2.02. The maximum atomic E-state index is 13.5. The second-order valence-electron chi connectivity index (χ2n) is 4.64. The third-order valence-corrected chi connectivity index (χ3v) is 3.15. The van der Waals surface area contributed by atoms with Crippen molar-refractivity contribution in [3.05, 3.63) is 70.3 Å². The molecule has 0 spiro atoms. The van der Waals surface area contributed by atoms with Crippen LogP contribution in [0.2, 0.25) is 0 Å². The van der Waals surface area contributed by atoms with E-state index >= 15 is 0 Å². The Bertz CT molecular complexity index is 664. The number of benzene rings is 2. The molecule has 2 aromatic rings. The molecule has 6 heteroatoms. The van der Waals surface area contributed by atoms with Crippen molar-refractivity contribution in [3.8, 4) is 0 Å². The molecule has 1 N–H and O–H groups in total. The van der Waals surface area contributed by atoms with Crippen molar-refractivity contribution in [1.82, 2.24) is 0 Å². The normalized spacial score (nSPS) is 13.3. The van der Waals surface area contributed by atoms with E-state index in [1.54, 1.807) is 6.92 Å². The van der Waals surface area contributed by atoms with Crippen LogP contribution < -0.4 is 0 Å². The molecule has 0 bridgehead atoms. The highest BCUT2D eigenvalue weighted by Crippen LogP contribution is 2.33. The van der Waals surface area contributed by atoms with Crippen LogP contribution in [0.3, 0.4) is 0 Å². The summed E-state index contributed by atoms with van der Waals surface area (Å²) in [5.74, 6) is -2.07. The maximum Gasteiger partial charge on any atom is 0.419 e. The number of aliphatic hydroxyl groups is 1. The molecule has 1 unspecified atom stereocenters. The fraction of sp³-hybridized carbons (Fsp3) is 0.200. The van der Waals surface area contributed by atoms with Crippen molar-refractivity contribution in [2.24, 2.45) is 0 Å². The third kappa shape index (κ3) is 3.21. The Kier molecular flexibility index (Phi) is 4.00. The lowest BCUT2D eigenvalue weighted by molar-refractivity contribution is -0.140. The smallest absolute Gasteiger partial charge is 0.384 e. The molecule has 112 valence electrons. The summed E-state index contributed by atoms with van der Waals surface area (Å²) in [6.07, 6.45) is -6.21. The molecule has 0 heterocycles. The first-order valence-electron chi connectivity index (χ1n) is 6.01.